The third-order valence-electron chi connectivity index (χ3n) is 5.79. The maximum Gasteiger partial charge on any atom is 0.0697 e. The van der Waals surface area contributed by atoms with Crippen LogP contribution in [0.15, 0.2) is 0 Å². The van der Waals surface area contributed by atoms with Gasteiger partial charge in [0.05, 0.1) is 5.60 Å². The summed E-state index contributed by atoms with van der Waals surface area (Å²) >= 11 is 0. The molecule has 1 N–H and O–H groups in total. The van der Waals surface area contributed by atoms with Crippen molar-refractivity contribution in [3.8, 4) is 0 Å². The van der Waals surface area contributed by atoms with Crippen LogP contribution in [-0.4, -0.2) is 49.8 Å². The number of hydrogen-bond donors (Lipinski definition) is 1. The molecule has 3 heteroatoms. The number of likely N-dealkylation sites (tertiary alicyclic amines) is 1. The summed E-state index contributed by atoms with van der Waals surface area (Å²) in [5.41, 5.74) is 0.261. The summed E-state index contributed by atoms with van der Waals surface area (Å²) in [6.45, 7) is 4.81. The van der Waals surface area contributed by atoms with Crippen LogP contribution in [0.2, 0.25) is 0 Å². The van der Waals surface area contributed by atoms with Gasteiger partial charge >= 0.3 is 0 Å². The summed E-state index contributed by atoms with van der Waals surface area (Å²) in [7, 11) is 2.09. The quantitative estimate of drug-likeness (QED) is 0.860. The van der Waals surface area contributed by atoms with Crippen molar-refractivity contribution in [1.82, 2.24) is 10.2 Å². The van der Waals surface area contributed by atoms with Crippen molar-refractivity contribution in [2.24, 2.45) is 5.92 Å². The molecule has 2 atom stereocenters. The van der Waals surface area contributed by atoms with Crippen LogP contribution in [0.5, 0.6) is 0 Å². The Morgan fingerprint density at radius 1 is 1.15 bits per heavy atom. The van der Waals surface area contributed by atoms with Gasteiger partial charge in [0.25, 0.3) is 0 Å². The fraction of sp³-hybridized carbons (Fsp3) is 1.00. The summed E-state index contributed by atoms with van der Waals surface area (Å²) < 4.78 is 6.26. The molecule has 0 bridgehead atoms. The Labute approximate surface area is 124 Å². The van der Waals surface area contributed by atoms with Gasteiger partial charge in [0.15, 0.2) is 0 Å². The highest BCUT2D eigenvalue weighted by molar-refractivity contribution is 4.94. The topological polar surface area (TPSA) is 24.5 Å². The maximum atomic E-state index is 6.26. The van der Waals surface area contributed by atoms with Crippen molar-refractivity contribution in [2.75, 3.05) is 33.3 Å². The number of nitrogens with one attached hydrogen (secondary N) is 1. The van der Waals surface area contributed by atoms with Gasteiger partial charge in [0, 0.05) is 19.2 Å². The predicted octanol–water partition coefficient (Wildman–Crippen LogP) is 2.80. The zero-order valence-electron chi connectivity index (χ0n) is 13.2. The van der Waals surface area contributed by atoms with E-state index in [-0.39, 0.29) is 5.60 Å². The lowest BCUT2D eigenvalue weighted by Gasteiger charge is -2.48. The lowest BCUT2D eigenvalue weighted by atomic mass is 9.77. The minimum Gasteiger partial charge on any atom is -0.375 e. The number of rotatable bonds is 3. The molecule has 1 saturated carbocycles. The Morgan fingerprint density at radius 3 is 2.80 bits per heavy atom. The molecule has 0 aromatic rings. The Bertz CT molecular complexity index is 294. The molecule has 0 aromatic heterocycles. The average Bonchev–Trinajstić information content (AvgIpc) is 2.49. The fourth-order valence-corrected chi connectivity index (χ4v) is 4.74. The number of nitrogens with zero attached hydrogens (tertiary/aromatic N) is 1. The van der Waals surface area contributed by atoms with Gasteiger partial charge in [-0.1, -0.05) is 19.3 Å². The van der Waals surface area contributed by atoms with E-state index in [1.54, 1.807) is 0 Å². The van der Waals surface area contributed by atoms with Crippen LogP contribution in [0.3, 0.4) is 0 Å². The van der Waals surface area contributed by atoms with Gasteiger partial charge in [-0.3, -0.25) is 4.90 Å². The van der Waals surface area contributed by atoms with Crippen LogP contribution < -0.4 is 5.32 Å². The third kappa shape index (κ3) is 3.37. The summed E-state index contributed by atoms with van der Waals surface area (Å²) in [5.74, 6) is 0.860. The number of hydrogen-bond acceptors (Lipinski definition) is 3. The van der Waals surface area contributed by atoms with Gasteiger partial charge in [0.2, 0.25) is 0 Å². The van der Waals surface area contributed by atoms with E-state index in [1.807, 2.05) is 0 Å². The molecule has 3 fully saturated rings. The molecule has 2 heterocycles. The lowest BCUT2D eigenvalue weighted by Crippen LogP contribution is -2.52. The van der Waals surface area contributed by atoms with Crippen LogP contribution >= 0.6 is 0 Å². The van der Waals surface area contributed by atoms with Crippen molar-refractivity contribution < 1.29 is 4.74 Å². The Balaban J connectivity index is 1.58. The van der Waals surface area contributed by atoms with Crippen molar-refractivity contribution >= 4 is 0 Å². The minimum atomic E-state index is 0.261. The highest BCUT2D eigenvalue weighted by Gasteiger charge is 2.40. The number of piperidine rings is 1. The first-order valence-electron chi connectivity index (χ1n) is 8.84. The zero-order valence-corrected chi connectivity index (χ0v) is 13.2. The molecule has 2 aliphatic heterocycles. The van der Waals surface area contributed by atoms with Crippen LogP contribution in [0, 0.1) is 5.92 Å². The summed E-state index contributed by atoms with van der Waals surface area (Å²) in [5, 5.41) is 3.37. The Kier molecular flexibility index (Phi) is 5.00. The molecule has 3 nitrogen and oxygen atoms in total. The average molecular weight is 280 g/mol. The van der Waals surface area contributed by atoms with Crippen LogP contribution in [0.25, 0.3) is 0 Å². The van der Waals surface area contributed by atoms with E-state index in [0.717, 1.165) is 18.6 Å². The van der Waals surface area contributed by atoms with E-state index in [4.69, 9.17) is 4.74 Å². The van der Waals surface area contributed by atoms with Crippen molar-refractivity contribution in [3.05, 3.63) is 0 Å². The second-order valence-corrected chi connectivity index (χ2v) is 7.30. The molecule has 0 radical (unpaired) electrons. The van der Waals surface area contributed by atoms with Gasteiger partial charge in [-0.25, -0.2) is 0 Å². The monoisotopic (exact) mass is 280 g/mol. The fourth-order valence-electron chi connectivity index (χ4n) is 4.74. The summed E-state index contributed by atoms with van der Waals surface area (Å²) in [6.07, 6.45) is 12.2. The van der Waals surface area contributed by atoms with E-state index in [0.29, 0.717) is 0 Å². The SMILES string of the molecule is CNCC1CCCN(C2CCOC3(CCCCC3)C2)C1. The first-order valence-corrected chi connectivity index (χ1v) is 8.84. The highest BCUT2D eigenvalue weighted by atomic mass is 16.5. The molecule has 2 unspecified atom stereocenters. The summed E-state index contributed by atoms with van der Waals surface area (Å²) in [4.78, 5) is 2.80. The Morgan fingerprint density at radius 2 is 2.00 bits per heavy atom. The van der Waals surface area contributed by atoms with E-state index >= 15 is 0 Å². The first kappa shape index (κ1) is 14.8. The van der Waals surface area contributed by atoms with E-state index < -0.39 is 0 Å². The molecule has 3 rings (SSSR count). The summed E-state index contributed by atoms with van der Waals surface area (Å²) in [6, 6.07) is 0.793. The lowest BCUT2D eigenvalue weighted by molar-refractivity contribution is -0.127. The standard InChI is InChI=1S/C17H32N2O/c1-18-13-15-6-5-10-19(14-15)16-7-11-20-17(12-16)8-3-2-4-9-17/h15-16,18H,2-14H2,1H3. The smallest absolute Gasteiger partial charge is 0.0697 e. The van der Waals surface area contributed by atoms with Gasteiger partial charge in [-0.15, -0.1) is 0 Å². The number of ether oxygens (including phenoxy) is 1. The van der Waals surface area contributed by atoms with Crippen molar-refractivity contribution in [3.63, 3.8) is 0 Å². The first-order chi connectivity index (χ1) is 9.81. The molecular formula is C17H32N2O. The molecule has 2 saturated heterocycles. The molecule has 116 valence electrons. The largest absolute Gasteiger partial charge is 0.375 e. The van der Waals surface area contributed by atoms with E-state index in [9.17, 15) is 0 Å². The maximum absolute atomic E-state index is 6.26. The molecule has 1 aliphatic carbocycles. The molecule has 0 aromatic carbocycles. The third-order valence-corrected chi connectivity index (χ3v) is 5.79. The van der Waals surface area contributed by atoms with Gasteiger partial charge in [-0.2, -0.15) is 0 Å². The minimum absolute atomic E-state index is 0.261. The highest BCUT2D eigenvalue weighted by Crippen LogP contribution is 2.40. The van der Waals surface area contributed by atoms with E-state index in [2.05, 4.69) is 17.3 Å². The van der Waals surface area contributed by atoms with Gasteiger partial charge in [-0.05, 0) is 64.6 Å². The van der Waals surface area contributed by atoms with E-state index in [1.165, 1.54) is 77.4 Å². The normalized spacial score (nSPS) is 35.2. The van der Waals surface area contributed by atoms with Crippen molar-refractivity contribution in [1.29, 1.82) is 0 Å². The van der Waals surface area contributed by atoms with Gasteiger partial charge in [0.1, 0.15) is 0 Å². The Hall–Kier alpha value is -0.120. The molecule has 0 amide bonds. The van der Waals surface area contributed by atoms with Crippen LogP contribution in [-0.2, 0) is 4.74 Å². The van der Waals surface area contributed by atoms with Gasteiger partial charge < -0.3 is 10.1 Å². The molecular weight excluding hydrogens is 248 g/mol. The predicted molar refractivity (Wildman–Crippen MR) is 83.0 cm³/mol. The molecule has 1 spiro atoms. The van der Waals surface area contributed by atoms with Crippen molar-refractivity contribution in [2.45, 2.75) is 69.4 Å². The second kappa shape index (κ2) is 6.76. The van der Waals surface area contributed by atoms with Crippen LogP contribution in [0.4, 0.5) is 0 Å². The van der Waals surface area contributed by atoms with Crippen LogP contribution in [0.1, 0.15) is 57.8 Å². The molecule has 3 aliphatic rings. The second-order valence-electron chi connectivity index (χ2n) is 7.30. The zero-order chi connectivity index (χ0) is 13.8. The molecule has 20 heavy (non-hydrogen) atoms.